The molecule has 0 saturated heterocycles. The van der Waals surface area contributed by atoms with Crippen LogP contribution in [0.4, 0.5) is 0 Å². The van der Waals surface area contributed by atoms with Crippen LogP contribution in [0.15, 0.2) is 0 Å². The lowest BCUT2D eigenvalue weighted by Crippen LogP contribution is -2.55. The number of carbonyl (C=O) groups is 1. The van der Waals surface area contributed by atoms with E-state index < -0.39 is 5.41 Å². The Kier molecular flexibility index (Phi) is 4.25. The zero-order valence-corrected chi connectivity index (χ0v) is 12.1. The molecule has 0 atom stereocenters. The normalized spacial score (nSPS) is 23.8. The minimum absolute atomic E-state index is 0.174. The van der Waals surface area contributed by atoms with Gasteiger partial charge in [-0.15, -0.1) is 0 Å². The van der Waals surface area contributed by atoms with Crippen LogP contribution in [-0.4, -0.2) is 28.9 Å². The lowest BCUT2D eigenvalue weighted by molar-refractivity contribution is -0.143. The minimum Gasteiger partial charge on any atom is -0.392 e. The van der Waals surface area contributed by atoms with Gasteiger partial charge in [-0.05, 0) is 25.7 Å². The van der Waals surface area contributed by atoms with Crippen LogP contribution in [0.5, 0.6) is 0 Å². The van der Waals surface area contributed by atoms with E-state index in [9.17, 15) is 4.79 Å². The number of nitrogens with zero attached hydrogens (tertiary/aromatic N) is 1. The Labute approximate surface area is 115 Å². The summed E-state index contributed by atoms with van der Waals surface area (Å²) in [6.45, 7) is 0. The first-order valence-electron chi connectivity index (χ1n) is 7.15. The van der Waals surface area contributed by atoms with Crippen LogP contribution in [-0.2, 0) is 4.79 Å². The van der Waals surface area contributed by atoms with Crippen LogP contribution in [0.1, 0.15) is 57.8 Å². The van der Waals surface area contributed by atoms with Gasteiger partial charge in [-0.3, -0.25) is 4.79 Å². The second-order valence-electron chi connectivity index (χ2n) is 5.86. The van der Waals surface area contributed by atoms with Crippen molar-refractivity contribution >= 4 is 23.1 Å². The van der Waals surface area contributed by atoms with Crippen molar-refractivity contribution in [1.82, 2.24) is 4.90 Å². The van der Waals surface area contributed by atoms with Crippen molar-refractivity contribution in [2.75, 3.05) is 7.05 Å². The van der Waals surface area contributed by atoms with Gasteiger partial charge in [0.05, 0.1) is 10.4 Å². The third-order valence-electron chi connectivity index (χ3n) is 4.78. The van der Waals surface area contributed by atoms with E-state index in [1.807, 2.05) is 11.9 Å². The number of amides is 1. The molecule has 0 aromatic carbocycles. The van der Waals surface area contributed by atoms with Crippen LogP contribution in [0.25, 0.3) is 0 Å². The zero-order valence-electron chi connectivity index (χ0n) is 11.3. The van der Waals surface area contributed by atoms with Crippen molar-refractivity contribution in [1.29, 1.82) is 0 Å². The molecule has 0 bridgehead atoms. The summed E-state index contributed by atoms with van der Waals surface area (Å²) in [4.78, 5) is 15.0. The first-order chi connectivity index (χ1) is 8.58. The Morgan fingerprint density at radius 1 is 1.17 bits per heavy atom. The van der Waals surface area contributed by atoms with Gasteiger partial charge < -0.3 is 10.6 Å². The van der Waals surface area contributed by atoms with Crippen LogP contribution >= 0.6 is 12.2 Å². The zero-order chi connectivity index (χ0) is 13.2. The summed E-state index contributed by atoms with van der Waals surface area (Å²) in [5.41, 5.74) is 5.31. The maximum absolute atomic E-state index is 12.7. The minimum atomic E-state index is -0.504. The molecule has 2 rings (SSSR count). The molecule has 4 heteroatoms. The number of rotatable bonds is 3. The molecular formula is C14H24N2OS. The predicted molar refractivity (Wildman–Crippen MR) is 77.3 cm³/mol. The Morgan fingerprint density at radius 3 is 2.11 bits per heavy atom. The Balaban J connectivity index is 2.05. The molecule has 0 aromatic rings. The molecule has 102 valence electrons. The number of carbonyl (C=O) groups excluding carboxylic acids is 1. The van der Waals surface area contributed by atoms with Crippen molar-refractivity contribution in [2.45, 2.75) is 63.8 Å². The lowest BCUT2D eigenvalue weighted by atomic mass is 9.67. The average Bonchev–Trinajstić information content (AvgIpc) is 2.54. The largest absolute Gasteiger partial charge is 0.392 e. The number of thiocarbonyl (C=S) groups is 1. The summed E-state index contributed by atoms with van der Waals surface area (Å²) in [5, 5.41) is 0. The highest BCUT2D eigenvalue weighted by Crippen LogP contribution is 2.43. The second-order valence-corrected chi connectivity index (χ2v) is 6.30. The number of nitrogens with two attached hydrogens (primary N) is 1. The summed E-state index contributed by atoms with van der Waals surface area (Å²) in [5.74, 6) is 0.174. The van der Waals surface area contributed by atoms with Crippen LogP contribution < -0.4 is 5.73 Å². The molecule has 0 unspecified atom stereocenters. The lowest BCUT2D eigenvalue weighted by Gasteiger charge is -2.43. The van der Waals surface area contributed by atoms with Gasteiger partial charge in [0.15, 0.2) is 0 Å². The predicted octanol–water partition coefficient (Wildman–Crippen LogP) is 2.62. The monoisotopic (exact) mass is 268 g/mol. The SMILES string of the molecule is CN(C(=O)C1(C(N)=S)CCC1)C1CCCCCC1. The summed E-state index contributed by atoms with van der Waals surface area (Å²) >= 11 is 5.13. The third-order valence-corrected chi connectivity index (χ3v) is 5.17. The topological polar surface area (TPSA) is 46.3 Å². The Hall–Kier alpha value is -0.640. The molecule has 2 fully saturated rings. The smallest absolute Gasteiger partial charge is 0.235 e. The number of hydrogen-bond acceptors (Lipinski definition) is 2. The summed E-state index contributed by atoms with van der Waals surface area (Å²) < 4.78 is 0. The Morgan fingerprint density at radius 2 is 1.72 bits per heavy atom. The molecule has 2 saturated carbocycles. The number of hydrogen-bond donors (Lipinski definition) is 1. The van der Waals surface area contributed by atoms with Gasteiger partial charge in [-0.2, -0.15) is 0 Å². The summed E-state index contributed by atoms with van der Waals surface area (Å²) in [6, 6.07) is 0.395. The fourth-order valence-corrected chi connectivity index (χ4v) is 3.54. The van der Waals surface area contributed by atoms with Gasteiger partial charge in [0, 0.05) is 13.1 Å². The van der Waals surface area contributed by atoms with E-state index in [-0.39, 0.29) is 5.91 Å². The highest BCUT2D eigenvalue weighted by Gasteiger charge is 2.49. The molecule has 2 aliphatic carbocycles. The Bertz CT molecular complexity index is 331. The summed E-state index contributed by atoms with van der Waals surface area (Å²) in [7, 11) is 1.94. The third kappa shape index (κ3) is 2.40. The van der Waals surface area contributed by atoms with Gasteiger partial charge in [0.2, 0.25) is 5.91 Å². The van der Waals surface area contributed by atoms with Crippen molar-refractivity contribution in [3.8, 4) is 0 Å². The van der Waals surface area contributed by atoms with E-state index in [2.05, 4.69) is 0 Å². The molecule has 2 N–H and O–H groups in total. The molecule has 0 spiro atoms. The van der Waals surface area contributed by atoms with E-state index in [0.29, 0.717) is 11.0 Å². The van der Waals surface area contributed by atoms with Crippen molar-refractivity contribution in [3.63, 3.8) is 0 Å². The van der Waals surface area contributed by atoms with Gasteiger partial charge in [0.1, 0.15) is 0 Å². The quantitative estimate of drug-likeness (QED) is 0.632. The van der Waals surface area contributed by atoms with E-state index in [1.54, 1.807) is 0 Å². The van der Waals surface area contributed by atoms with Gasteiger partial charge in [-0.1, -0.05) is 44.3 Å². The van der Waals surface area contributed by atoms with Crippen molar-refractivity contribution in [3.05, 3.63) is 0 Å². The van der Waals surface area contributed by atoms with Crippen LogP contribution in [0.2, 0.25) is 0 Å². The molecule has 0 heterocycles. The van der Waals surface area contributed by atoms with Crippen LogP contribution in [0.3, 0.4) is 0 Å². The van der Waals surface area contributed by atoms with Crippen molar-refractivity contribution < 1.29 is 4.79 Å². The average molecular weight is 268 g/mol. The highest BCUT2D eigenvalue weighted by atomic mass is 32.1. The fraction of sp³-hybridized carbons (Fsp3) is 0.857. The van der Waals surface area contributed by atoms with E-state index in [0.717, 1.165) is 32.1 Å². The second kappa shape index (κ2) is 5.55. The standard InChI is InChI=1S/C14H24N2OS/c1-16(11-7-4-2-3-5-8-11)13(17)14(12(15)18)9-6-10-14/h11H,2-10H2,1H3,(H2,15,18). The molecule has 18 heavy (non-hydrogen) atoms. The maximum Gasteiger partial charge on any atom is 0.235 e. The fourth-order valence-electron chi connectivity index (χ4n) is 3.24. The maximum atomic E-state index is 12.7. The van der Waals surface area contributed by atoms with E-state index in [4.69, 9.17) is 18.0 Å². The molecular weight excluding hydrogens is 244 g/mol. The van der Waals surface area contributed by atoms with E-state index >= 15 is 0 Å². The first-order valence-corrected chi connectivity index (χ1v) is 7.56. The highest BCUT2D eigenvalue weighted by molar-refractivity contribution is 7.80. The summed E-state index contributed by atoms with van der Waals surface area (Å²) in [6.07, 6.45) is 10.1. The molecule has 0 aliphatic heterocycles. The first kappa shape index (κ1) is 13.8. The molecule has 3 nitrogen and oxygen atoms in total. The van der Waals surface area contributed by atoms with Crippen molar-refractivity contribution in [2.24, 2.45) is 11.1 Å². The molecule has 2 aliphatic rings. The van der Waals surface area contributed by atoms with Crippen LogP contribution in [0, 0.1) is 5.41 Å². The van der Waals surface area contributed by atoms with Gasteiger partial charge in [-0.25, -0.2) is 0 Å². The molecule has 1 amide bonds. The van der Waals surface area contributed by atoms with Gasteiger partial charge in [0.25, 0.3) is 0 Å². The van der Waals surface area contributed by atoms with E-state index in [1.165, 1.54) is 25.7 Å². The molecule has 0 radical (unpaired) electrons. The van der Waals surface area contributed by atoms with Gasteiger partial charge >= 0.3 is 0 Å². The molecule has 0 aromatic heterocycles.